The maximum atomic E-state index is 11.1. The van der Waals surface area contributed by atoms with Gasteiger partial charge in [0, 0.05) is 12.2 Å². The minimum absolute atomic E-state index is 0.489. The van der Waals surface area contributed by atoms with Crippen LogP contribution in [0.2, 0.25) is 0 Å². The van der Waals surface area contributed by atoms with E-state index >= 15 is 0 Å². The van der Waals surface area contributed by atoms with Crippen molar-refractivity contribution in [2.24, 2.45) is 4.99 Å². The predicted molar refractivity (Wildman–Crippen MR) is 92.8 cm³/mol. The smallest absolute Gasteiger partial charge is 0.411 e. The lowest BCUT2D eigenvalue weighted by molar-refractivity contribution is 0.187. The molecule has 0 spiro atoms. The topological polar surface area (TPSA) is 87.9 Å². The predicted octanol–water partition coefficient (Wildman–Crippen LogP) is 2.71. The first kappa shape index (κ1) is 17.4. The van der Waals surface area contributed by atoms with Crippen LogP contribution in [0.3, 0.4) is 0 Å². The molecular formula is C17H22N4O3. The Labute approximate surface area is 141 Å². The van der Waals surface area contributed by atoms with E-state index in [1.807, 2.05) is 43.3 Å². The van der Waals surface area contributed by atoms with Crippen LogP contribution in [-0.2, 0) is 17.8 Å². The number of ether oxygens (including phenoxy) is 1. The van der Waals surface area contributed by atoms with E-state index in [-0.39, 0.29) is 0 Å². The van der Waals surface area contributed by atoms with Gasteiger partial charge in [0.1, 0.15) is 5.76 Å². The molecule has 0 saturated carbocycles. The molecule has 0 bridgehead atoms. The van der Waals surface area contributed by atoms with E-state index < -0.39 is 6.09 Å². The van der Waals surface area contributed by atoms with Crippen molar-refractivity contribution in [3.63, 3.8) is 0 Å². The van der Waals surface area contributed by atoms with Crippen molar-refractivity contribution in [2.45, 2.75) is 20.0 Å². The van der Waals surface area contributed by atoms with E-state index in [9.17, 15) is 4.79 Å². The van der Waals surface area contributed by atoms with Crippen LogP contribution in [-0.4, -0.2) is 25.7 Å². The summed E-state index contributed by atoms with van der Waals surface area (Å²) in [5.41, 5.74) is 1.71. The minimum atomic E-state index is -0.489. The summed E-state index contributed by atoms with van der Waals surface area (Å²) in [7, 11) is 1.33. The molecule has 0 unspecified atom stereocenters. The maximum Gasteiger partial charge on any atom is 0.411 e. The normalized spacial score (nSPS) is 11.0. The van der Waals surface area contributed by atoms with Gasteiger partial charge in [0.2, 0.25) is 0 Å². The highest BCUT2D eigenvalue weighted by Crippen LogP contribution is 2.10. The highest BCUT2D eigenvalue weighted by molar-refractivity contribution is 5.84. The van der Waals surface area contributed by atoms with Gasteiger partial charge in [0.05, 0.1) is 26.5 Å². The summed E-state index contributed by atoms with van der Waals surface area (Å²) in [6.45, 7) is 3.87. The average Bonchev–Trinajstić information content (AvgIpc) is 3.12. The second-order valence-electron chi connectivity index (χ2n) is 4.94. The number of benzene rings is 1. The fourth-order valence-electron chi connectivity index (χ4n) is 1.96. The number of aliphatic imine (C=N–C) groups is 1. The molecule has 0 fully saturated rings. The molecule has 0 aliphatic rings. The molecular weight excluding hydrogens is 308 g/mol. The van der Waals surface area contributed by atoms with Gasteiger partial charge in [-0.2, -0.15) is 0 Å². The number of rotatable bonds is 6. The van der Waals surface area contributed by atoms with Crippen LogP contribution in [0.1, 0.15) is 18.2 Å². The second-order valence-corrected chi connectivity index (χ2v) is 4.94. The number of carbonyl (C=O) groups excluding carboxylic acids is 1. The SMILES string of the molecule is CCNC(=NCc1ccc(NC(=O)OC)cc1)NCc1ccco1. The number of hydrogen-bond donors (Lipinski definition) is 3. The summed E-state index contributed by atoms with van der Waals surface area (Å²) in [5, 5.41) is 9.00. The summed E-state index contributed by atoms with van der Waals surface area (Å²) in [4.78, 5) is 15.7. The molecule has 0 saturated heterocycles. The van der Waals surface area contributed by atoms with Crippen LogP contribution in [0.5, 0.6) is 0 Å². The first-order chi connectivity index (χ1) is 11.7. The molecule has 1 aromatic heterocycles. The van der Waals surface area contributed by atoms with E-state index in [2.05, 4.69) is 25.7 Å². The van der Waals surface area contributed by atoms with Gasteiger partial charge in [-0.1, -0.05) is 12.1 Å². The molecule has 24 heavy (non-hydrogen) atoms. The Morgan fingerprint density at radius 3 is 2.62 bits per heavy atom. The number of guanidine groups is 1. The molecule has 0 aliphatic carbocycles. The van der Waals surface area contributed by atoms with E-state index in [0.717, 1.165) is 17.9 Å². The van der Waals surface area contributed by atoms with Crippen LogP contribution < -0.4 is 16.0 Å². The quantitative estimate of drug-likeness (QED) is 0.560. The third-order valence-electron chi connectivity index (χ3n) is 3.16. The fourth-order valence-corrected chi connectivity index (χ4v) is 1.96. The molecule has 7 nitrogen and oxygen atoms in total. The standard InChI is InChI=1S/C17H22N4O3/c1-3-18-16(20-12-15-5-4-10-24-15)19-11-13-6-8-14(9-7-13)21-17(22)23-2/h4-10H,3,11-12H2,1-2H3,(H,21,22)(H2,18,19,20). The van der Waals surface area contributed by atoms with E-state index in [1.165, 1.54) is 7.11 Å². The van der Waals surface area contributed by atoms with Gasteiger partial charge in [0.15, 0.2) is 5.96 Å². The molecule has 1 aromatic carbocycles. The number of hydrogen-bond acceptors (Lipinski definition) is 4. The summed E-state index contributed by atoms with van der Waals surface area (Å²) in [6, 6.07) is 11.2. The monoisotopic (exact) mass is 330 g/mol. The minimum Gasteiger partial charge on any atom is -0.467 e. The van der Waals surface area contributed by atoms with Gasteiger partial charge in [-0.05, 0) is 36.8 Å². The van der Waals surface area contributed by atoms with Crippen molar-refractivity contribution in [2.75, 3.05) is 19.0 Å². The summed E-state index contributed by atoms with van der Waals surface area (Å²) < 4.78 is 9.84. The lowest BCUT2D eigenvalue weighted by atomic mass is 10.2. The van der Waals surface area contributed by atoms with Crippen molar-refractivity contribution in [3.8, 4) is 0 Å². The Balaban J connectivity index is 1.91. The average molecular weight is 330 g/mol. The van der Waals surface area contributed by atoms with Crippen molar-refractivity contribution in [1.82, 2.24) is 10.6 Å². The number of nitrogens with one attached hydrogen (secondary N) is 3. The molecule has 0 aliphatic heterocycles. The van der Waals surface area contributed by atoms with Gasteiger partial charge < -0.3 is 19.8 Å². The fraction of sp³-hybridized carbons (Fsp3) is 0.294. The van der Waals surface area contributed by atoms with Crippen LogP contribution >= 0.6 is 0 Å². The zero-order valence-corrected chi connectivity index (χ0v) is 13.8. The number of carbonyl (C=O) groups is 1. The first-order valence-electron chi connectivity index (χ1n) is 7.69. The largest absolute Gasteiger partial charge is 0.467 e. The molecule has 1 heterocycles. The summed E-state index contributed by atoms with van der Waals surface area (Å²) in [5.74, 6) is 1.56. The second kappa shape index (κ2) is 9.24. The highest BCUT2D eigenvalue weighted by atomic mass is 16.5. The lowest BCUT2D eigenvalue weighted by Gasteiger charge is -2.10. The van der Waals surface area contributed by atoms with Crippen molar-refractivity contribution in [1.29, 1.82) is 0 Å². The first-order valence-corrected chi connectivity index (χ1v) is 7.69. The number of amides is 1. The van der Waals surface area contributed by atoms with E-state index in [4.69, 9.17) is 4.42 Å². The number of methoxy groups -OCH3 is 1. The van der Waals surface area contributed by atoms with Crippen molar-refractivity contribution >= 4 is 17.7 Å². The zero-order chi connectivity index (χ0) is 17.2. The molecule has 0 radical (unpaired) electrons. The molecule has 1 amide bonds. The molecule has 2 rings (SSSR count). The molecule has 7 heteroatoms. The van der Waals surface area contributed by atoms with Gasteiger partial charge in [-0.15, -0.1) is 0 Å². The molecule has 0 atom stereocenters. The lowest BCUT2D eigenvalue weighted by Crippen LogP contribution is -2.36. The van der Waals surface area contributed by atoms with Gasteiger partial charge in [0.25, 0.3) is 0 Å². The third-order valence-corrected chi connectivity index (χ3v) is 3.16. The van der Waals surface area contributed by atoms with Crippen LogP contribution in [0.15, 0.2) is 52.1 Å². The van der Waals surface area contributed by atoms with Crippen molar-refractivity contribution < 1.29 is 13.9 Å². The Bertz CT molecular complexity index is 651. The Morgan fingerprint density at radius 1 is 1.21 bits per heavy atom. The number of nitrogens with zero attached hydrogens (tertiary/aromatic N) is 1. The van der Waals surface area contributed by atoms with Crippen LogP contribution in [0, 0.1) is 0 Å². The summed E-state index contributed by atoms with van der Waals surface area (Å²) >= 11 is 0. The van der Waals surface area contributed by atoms with Gasteiger partial charge >= 0.3 is 6.09 Å². The number of furan rings is 1. The van der Waals surface area contributed by atoms with Crippen LogP contribution in [0.25, 0.3) is 0 Å². The molecule has 128 valence electrons. The van der Waals surface area contributed by atoms with Crippen molar-refractivity contribution in [3.05, 3.63) is 54.0 Å². The van der Waals surface area contributed by atoms with E-state index in [0.29, 0.717) is 24.7 Å². The molecule has 2 aromatic rings. The highest BCUT2D eigenvalue weighted by Gasteiger charge is 2.02. The molecule has 3 N–H and O–H groups in total. The zero-order valence-electron chi connectivity index (χ0n) is 13.8. The Kier molecular flexibility index (Phi) is 6.70. The maximum absolute atomic E-state index is 11.1. The Hall–Kier alpha value is -2.96. The van der Waals surface area contributed by atoms with Gasteiger partial charge in [-0.25, -0.2) is 9.79 Å². The Morgan fingerprint density at radius 2 is 2.00 bits per heavy atom. The van der Waals surface area contributed by atoms with Gasteiger partial charge in [-0.3, -0.25) is 5.32 Å². The van der Waals surface area contributed by atoms with Crippen LogP contribution in [0.4, 0.5) is 10.5 Å². The van der Waals surface area contributed by atoms with E-state index in [1.54, 1.807) is 6.26 Å². The summed E-state index contributed by atoms with van der Waals surface area (Å²) in [6.07, 6.45) is 1.16. The number of anilines is 1. The third kappa shape index (κ3) is 5.68.